The highest BCUT2D eigenvalue weighted by atomic mass is 16.6. The molecule has 1 saturated heterocycles. The first kappa shape index (κ1) is 37.5. The van der Waals surface area contributed by atoms with Crippen LogP contribution in [0.2, 0.25) is 0 Å². The van der Waals surface area contributed by atoms with Crippen LogP contribution in [0.4, 0.5) is 10.5 Å². The van der Waals surface area contributed by atoms with Gasteiger partial charge in [-0.05, 0) is 39.3 Å². The summed E-state index contributed by atoms with van der Waals surface area (Å²) in [6.07, 6.45) is -0.777. The van der Waals surface area contributed by atoms with Crippen molar-refractivity contribution in [1.29, 1.82) is 0 Å². The molecule has 1 atom stereocenters. The van der Waals surface area contributed by atoms with Gasteiger partial charge in [0.05, 0.1) is 69.7 Å². The molecule has 0 aliphatic carbocycles. The topological polar surface area (TPSA) is 205 Å². The molecule has 2 heterocycles. The van der Waals surface area contributed by atoms with E-state index in [4.69, 9.17) is 29.4 Å². The third kappa shape index (κ3) is 11.7. The zero-order valence-electron chi connectivity index (χ0n) is 27.2. The van der Waals surface area contributed by atoms with E-state index in [1.807, 2.05) is 0 Å². The first-order valence-corrected chi connectivity index (χ1v) is 15.6. The monoisotopic (exact) mass is 663 g/mol. The maximum atomic E-state index is 13.3. The molecule has 1 fully saturated rings. The fourth-order valence-electron chi connectivity index (χ4n) is 4.71. The number of ether oxygens (including phenoxy) is 5. The quantitative estimate of drug-likeness (QED) is 0.138. The van der Waals surface area contributed by atoms with E-state index in [-0.39, 0.29) is 62.4 Å². The van der Waals surface area contributed by atoms with Gasteiger partial charge in [0.2, 0.25) is 17.7 Å². The Balaban J connectivity index is 1.49. The lowest BCUT2D eigenvalue weighted by Crippen LogP contribution is -2.54. The molecule has 47 heavy (non-hydrogen) atoms. The Morgan fingerprint density at radius 1 is 0.915 bits per heavy atom. The molecule has 0 bridgehead atoms. The fourth-order valence-corrected chi connectivity index (χ4v) is 4.71. The van der Waals surface area contributed by atoms with Gasteiger partial charge in [0, 0.05) is 32.5 Å². The predicted octanol–water partition coefficient (Wildman–Crippen LogP) is 0.679. The Labute approximate surface area is 273 Å². The van der Waals surface area contributed by atoms with E-state index < -0.39 is 47.3 Å². The van der Waals surface area contributed by atoms with Crippen LogP contribution in [-0.2, 0) is 38.1 Å². The highest BCUT2D eigenvalue weighted by Crippen LogP contribution is 2.32. The second-order valence-corrected chi connectivity index (χ2v) is 11.7. The Morgan fingerprint density at radius 2 is 1.53 bits per heavy atom. The van der Waals surface area contributed by atoms with Crippen LogP contribution in [0.25, 0.3) is 0 Å². The summed E-state index contributed by atoms with van der Waals surface area (Å²) >= 11 is 0. The van der Waals surface area contributed by atoms with Crippen molar-refractivity contribution in [3.63, 3.8) is 0 Å². The molecule has 16 nitrogen and oxygen atoms in total. The van der Waals surface area contributed by atoms with Gasteiger partial charge in [0.1, 0.15) is 11.6 Å². The van der Waals surface area contributed by atoms with E-state index in [9.17, 15) is 28.8 Å². The number of amides is 6. The number of hydrogen-bond acceptors (Lipinski definition) is 12. The van der Waals surface area contributed by atoms with E-state index in [0.29, 0.717) is 46.2 Å². The van der Waals surface area contributed by atoms with Crippen molar-refractivity contribution in [2.45, 2.75) is 51.7 Å². The number of carbonyl (C=O) groups excluding carboxylic acids is 6. The van der Waals surface area contributed by atoms with Crippen LogP contribution in [-0.4, -0.2) is 130 Å². The van der Waals surface area contributed by atoms with E-state index in [0.717, 1.165) is 4.90 Å². The molecule has 6 amide bonds. The fraction of sp³-hybridized carbons (Fsp3) is 0.613. The summed E-state index contributed by atoms with van der Waals surface area (Å²) in [5.41, 5.74) is 4.67. The molecule has 2 aliphatic rings. The average molecular weight is 664 g/mol. The smallest absolute Gasteiger partial charge is 0.410 e. The van der Waals surface area contributed by atoms with Gasteiger partial charge < -0.3 is 39.6 Å². The van der Waals surface area contributed by atoms with Crippen LogP contribution >= 0.6 is 0 Å². The molecule has 1 unspecified atom stereocenters. The van der Waals surface area contributed by atoms with Gasteiger partial charge in [-0.15, -0.1) is 0 Å². The Morgan fingerprint density at radius 3 is 2.13 bits per heavy atom. The number of nitrogens with zero attached hydrogens (tertiary/aromatic N) is 2. The summed E-state index contributed by atoms with van der Waals surface area (Å²) in [6.45, 7) is 8.76. The molecule has 3 rings (SSSR count). The van der Waals surface area contributed by atoms with Crippen LogP contribution in [0.5, 0.6) is 0 Å². The summed E-state index contributed by atoms with van der Waals surface area (Å²) in [5.74, 6) is -3.16. The van der Waals surface area contributed by atoms with E-state index >= 15 is 0 Å². The van der Waals surface area contributed by atoms with E-state index in [1.54, 1.807) is 20.8 Å². The Kier molecular flexibility index (Phi) is 14.7. The molecule has 16 heteroatoms. The number of nitrogens with one attached hydrogen (secondary N) is 2. The second-order valence-electron chi connectivity index (χ2n) is 11.7. The largest absolute Gasteiger partial charge is 0.444 e. The van der Waals surface area contributed by atoms with Gasteiger partial charge in [-0.2, -0.15) is 0 Å². The van der Waals surface area contributed by atoms with Crippen LogP contribution < -0.4 is 16.4 Å². The summed E-state index contributed by atoms with van der Waals surface area (Å²) in [4.78, 5) is 78.4. The lowest BCUT2D eigenvalue weighted by molar-refractivity contribution is -0.136. The lowest BCUT2D eigenvalue weighted by atomic mass is 10.0. The van der Waals surface area contributed by atoms with Crippen molar-refractivity contribution < 1.29 is 52.5 Å². The van der Waals surface area contributed by atoms with Gasteiger partial charge in [0.15, 0.2) is 0 Å². The maximum absolute atomic E-state index is 13.3. The zero-order chi connectivity index (χ0) is 34.4. The number of piperidine rings is 1. The lowest BCUT2D eigenvalue weighted by Gasteiger charge is -2.28. The van der Waals surface area contributed by atoms with Gasteiger partial charge in [0.25, 0.3) is 11.8 Å². The number of fused-ring (bicyclic) bond motifs is 1. The summed E-state index contributed by atoms with van der Waals surface area (Å²) in [5, 5.41) is 4.80. The van der Waals surface area contributed by atoms with Crippen molar-refractivity contribution in [2.24, 2.45) is 5.73 Å². The molecule has 0 aromatic heterocycles. The minimum Gasteiger partial charge on any atom is -0.444 e. The van der Waals surface area contributed by atoms with Gasteiger partial charge in [-0.25, -0.2) is 4.79 Å². The third-order valence-electron chi connectivity index (χ3n) is 6.89. The first-order chi connectivity index (χ1) is 22.4. The number of carbonyl (C=O) groups is 6. The zero-order valence-corrected chi connectivity index (χ0v) is 27.2. The Hall–Kier alpha value is -3.96. The molecule has 4 N–H and O–H groups in total. The van der Waals surface area contributed by atoms with Gasteiger partial charge in [-0.3, -0.25) is 34.2 Å². The van der Waals surface area contributed by atoms with Gasteiger partial charge in [-0.1, -0.05) is 6.07 Å². The molecule has 2 aliphatic heterocycles. The first-order valence-electron chi connectivity index (χ1n) is 15.6. The van der Waals surface area contributed by atoms with E-state index in [2.05, 4.69) is 10.6 Å². The number of imide groups is 2. The molecule has 0 saturated carbocycles. The second kappa shape index (κ2) is 18.4. The summed E-state index contributed by atoms with van der Waals surface area (Å²) in [6, 6.07) is 3.28. The number of nitrogens with two attached hydrogens (primary N) is 1. The van der Waals surface area contributed by atoms with Crippen LogP contribution in [0.15, 0.2) is 18.2 Å². The van der Waals surface area contributed by atoms with E-state index in [1.165, 1.54) is 23.1 Å². The normalized spacial score (nSPS) is 16.3. The Bertz CT molecular complexity index is 1280. The van der Waals surface area contributed by atoms with Crippen molar-refractivity contribution in [3.8, 4) is 0 Å². The number of benzene rings is 1. The standard InChI is InChI=1S/C31H45N5O11/c1-31(2,3)47-30(42)35(12-14-44-16-18-46-20-19-45-17-15-43-13-10-32)11-9-25(38)33-22-6-4-5-21-26(22)29(41)36(28(21)40)23-7-8-24(37)34-27(23)39/h4-6,23H,7-20,32H2,1-3H3,(H,33,38)(H,34,37,39). The molecule has 1 aromatic rings. The van der Waals surface area contributed by atoms with Crippen LogP contribution in [0.3, 0.4) is 0 Å². The molecule has 0 spiro atoms. The minimum atomic E-state index is -1.13. The molecular formula is C31H45N5O11. The van der Waals surface area contributed by atoms with Crippen LogP contribution in [0, 0.1) is 0 Å². The summed E-state index contributed by atoms with van der Waals surface area (Å²) < 4.78 is 27.1. The maximum Gasteiger partial charge on any atom is 0.410 e. The highest BCUT2D eigenvalue weighted by Gasteiger charge is 2.45. The highest BCUT2D eigenvalue weighted by molar-refractivity contribution is 6.26. The SMILES string of the molecule is CC(C)(C)OC(=O)N(CCOCCOCCOCCOCCN)CCC(=O)Nc1cccc2c1C(=O)N(C1CCC(=O)NC1=O)C2=O. The minimum absolute atomic E-state index is 0.0104. The summed E-state index contributed by atoms with van der Waals surface area (Å²) in [7, 11) is 0. The molecular weight excluding hydrogens is 618 g/mol. The number of rotatable bonds is 19. The predicted molar refractivity (Wildman–Crippen MR) is 166 cm³/mol. The number of hydrogen-bond donors (Lipinski definition) is 3. The van der Waals surface area contributed by atoms with Crippen molar-refractivity contribution >= 4 is 41.3 Å². The van der Waals surface area contributed by atoms with Crippen molar-refractivity contribution in [1.82, 2.24) is 15.1 Å². The third-order valence-corrected chi connectivity index (χ3v) is 6.89. The van der Waals surface area contributed by atoms with Crippen molar-refractivity contribution in [2.75, 3.05) is 77.8 Å². The van der Waals surface area contributed by atoms with Crippen LogP contribution in [0.1, 0.15) is 60.7 Å². The molecule has 1 aromatic carbocycles. The van der Waals surface area contributed by atoms with Crippen molar-refractivity contribution in [3.05, 3.63) is 29.3 Å². The molecule has 0 radical (unpaired) electrons. The average Bonchev–Trinajstić information content (AvgIpc) is 3.26. The molecule has 260 valence electrons. The van der Waals surface area contributed by atoms with Gasteiger partial charge >= 0.3 is 6.09 Å². The number of anilines is 1.